The molecule has 0 atom stereocenters. The van der Waals surface area contributed by atoms with Crippen molar-refractivity contribution in [3.05, 3.63) is 65.2 Å². The van der Waals surface area contributed by atoms with Gasteiger partial charge in [-0.3, -0.25) is 4.79 Å². The lowest BCUT2D eigenvalue weighted by Crippen LogP contribution is -2.22. The molecule has 2 aromatic carbocycles. The van der Waals surface area contributed by atoms with Crippen LogP contribution in [0.5, 0.6) is 5.75 Å². The van der Waals surface area contributed by atoms with Gasteiger partial charge in [-0.1, -0.05) is 12.1 Å². The Morgan fingerprint density at radius 1 is 1.04 bits per heavy atom. The maximum atomic E-state index is 12.5. The molecule has 0 bridgehead atoms. The van der Waals surface area contributed by atoms with E-state index in [0.717, 1.165) is 12.1 Å². The topological polar surface area (TPSA) is 38.3 Å². The molecule has 0 aliphatic rings. The van der Waals surface area contributed by atoms with Crippen LogP contribution in [0, 0.1) is 0 Å². The minimum atomic E-state index is -4.36. The summed E-state index contributed by atoms with van der Waals surface area (Å²) in [5, 5.41) is 2.66. The number of carbonyl (C=O) groups excluding carboxylic acids is 1. The highest BCUT2D eigenvalue weighted by molar-refractivity contribution is 5.94. The maximum absolute atomic E-state index is 12.5. The van der Waals surface area contributed by atoms with Gasteiger partial charge >= 0.3 is 6.18 Å². The van der Waals surface area contributed by atoms with Crippen LogP contribution >= 0.6 is 0 Å². The number of alkyl halides is 3. The van der Waals surface area contributed by atoms with Crippen molar-refractivity contribution in [2.45, 2.75) is 19.6 Å². The van der Waals surface area contributed by atoms with Gasteiger partial charge in [-0.05, 0) is 48.9 Å². The van der Waals surface area contributed by atoms with Gasteiger partial charge in [0.2, 0.25) is 0 Å². The van der Waals surface area contributed by atoms with E-state index in [9.17, 15) is 18.0 Å². The molecule has 2 aromatic rings. The number of amides is 1. The van der Waals surface area contributed by atoms with Gasteiger partial charge in [-0.15, -0.1) is 0 Å². The van der Waals surface area contributed by atoms with Crippen LogP contribution in [0.25, 0.3) is 0 Å². The van der Waals surface area contributed by atoms with Crippen molar-refractivity contribution in [3.8, 4) is 5.75 Å². The molecule has 0 unspecified atom stereocenters. The Balaban J connectivity index is 1.93. The number of carbonyl (C=O) groups is 1. The third-order valence-electron chi connectivity index (χ3n) is 3.16. The van der Waals surface area contributed by atoms with Gasteiger partial charge < -0.3 is 10.1 Å². The summed E-state index contributed by atoms with van der Waals surface area (Å²) in [6.45, 7) is 2.56. The molecule has 3 nitrogen and oxygen atoms in total. The fraction of sp³-hybridized carbons (Fsp3) is 0.235. The van der Waals surface area contributed by atoms with E-state index in [2.05, 4.69) is 5.32 Å². The van der Waals surface area contributed by atoms with Crippen molar-refractivity contribution >= 4 is 5.91 Å². The molecule has 0 radical (unpaired) electrons. The van der Waals surface area contributed by atoms with E-state index in [1.165, 1.54) is 12.1 Å². The van der Waals surface area contributed by atoms with E-state index in [-0.39, 0.29) is 12.5 Å². The van der Waals surface area contributed by atoms with Crippen molar-refractivity contribution < 1.29 is 22.7 Å². The Labute approximate surface area is 132 Å². The van der Waals surface area contributed by atoms with Crippen molar-refractivity contribution in [2.24, 2.45) is 0 Å². The Bertz CT molecular complexity index is 649. The lowest BCUT2D eigenvalue weighted by Gasteiger charge is -2.09. The van der Waals surface area contributed by atoms with Crippen LogP contribution in [0.4, 0.5) is 13.2 Å². The predicted molar refractivity (Wildman–Crippen MR) is 80.2 cm³/mol. The third-order valence-corrected chi connectivity index (χ3v) is 3.16. The van der Waals surface area contributed by atoms with Gasteiger partial charge in [0.1, 0.15) is 5.75 Å². The van der Waals surface area contributed by atoms with Crippen molar-refractivity contribution in [1.29, 1.82) is 0 Å². The molecule has 6 heteroatoms. The molecule has 2 rings (SSSR count). The number of hydrogen-bond donors (Lipinski definition) is 1. The highest BCUT2D eigenvalue weighted by atomic mass is 19.4. The molecule has 0 saturated heterocycles. The van der Waals surface area contributed by atoms with Crippen LogP contribution in [0.15, 0.2) is 48.5 Å². The Morgan fingerprint density at radius 3 is 2.17 bits per heavy atom. The first-order valence-electron chi connectivity index (χ1n) is 7.07. The van der Waals surface area contributed by atoms with E-state index in [1.807, 2.05) is 6.92 Å². The average Bonchev–Trinajstić information content (AvgIpc) is 2.53. The summed E-state index contributed by atoms with van der Waals surface area (Å²) < 4.78 is 42.7. The van der Waals surface area contributed by atoms with Gasteiger partial charge in [0.05, 0.1) is 12.2 Å². The lowest BCUT2D eigenvalue weighted by atomic mass is 10.1. The monoisotopic (exact) mass is 323 g/mol. The summed E-state index contributed by atoms with van der Waals surface area (Å²) >= 11 is 0. The molecular weight excluding hydrogens is 307 g/mol. The molecule has 23 heavy (non-hydrogen) atoms. The molecule has 1 N–H and O–H groups in total. The van der Waals surface area contributed by atoms with Crippen LogP contribution in [0.1, 0.15) is 28.4 Å². The smallest absolute Gasteiger partial charge is 0.416 e. The summed E-state index contributed by atoms with van der Waals surface area (Å²) in [6.07, 6.45) is -4.36. The first-order chi connectivity index (χ1) is 10.9. The number of nitrogens with one attached hydrogen (secondary N) is 1. The zero-order valence-corrected chi connectivity index (χ0v) is 12.5. The number of rotatable bonds is 5. The molecule has 0 aliphatic carbocycles. The highest BCUT2D eigenvalue weighted by Crippen LogP contribution is 2.29. The SMILES string of the molecule is CCOc1ccc(C(=O)NCc2ccc(C(F)(F)F)cc2)cc1. The van der Waals surface area contributed by atoms with E-state index in [1.54, 1.807) is 24.3 Å². The lowest BCUT2D eigenvalue weighted by molar-refractivity contribution is -0.137. The number of ether oxygens (including phenoxy) is 1. The first kappa shape index (κ1) is 16.9. The van der Waals surface area contributed by atoms with Crippen LogP contribution < -0.4 is 10.1 Å². The molecule has 0 fully saturated rings. The fourth-order valence-corrected chi connectivity index (χ4v) is 1.97. The maximum Gasteiger partial charge on any atom is 0.416 e. The predicted octanol–water partition coefficient (Wildman–Crippen LogP) is 4.03. The summed E-state index contributed by atoms with van der Waals surface area (Å²) in [5.74, 6) is 0.375. The molecule has 0 spiro atoms. The number of benzene rings is 2. The molecule has 0 aromatic heterocycles. The second kappa shape index (κ2) is 7.17. The first-order valence-corrected chi connectivity index (χ1v) is 7.07. The summed E-state index contributed by atoms with van der Waals surface area (Å²) in [5.41, 5.74) is 0.344. The van der Waals surface area contributed by atoms with Crippen LogP contribution in [0.2, 0.25) is 0 Å². The van der Waals surface area contributed by atoms with E-state index >= 15 is 0 Å². The van der Waals surface area contributed by atoms with E-state index in [4.69, 9.17) is 4.74 Å². The highest BCUT2D eigenvalue weighted by Gasteiger charge is 2.29. The van der Waals surface area contributed by atoms with E-state index in [0.29, 0.717) is 23.5 Å². The molecule has 0 saturated carbocycles. The summed E-state index contributed by atoms with van der Waals surface area (Å²) in [6, 6.07) is 11.3. The largest absolute Gasteiger partial charge is 0.494 e. The quantitative estimate of drug-likeness (QED) is 0.902. The van der Waals surface area contributed by atoms with E-state index < -0.39 is 11.7 Å². The second-order valence-electron chi connectivity index (χ2n) is 4.83. The standard InChI is InChI=1S/C17H16F3NO2/c1-2-23-15-9-5-13(6-10-15)16(22)21-11-12-3-7-14(8-4-12)17(18,19)20/h3-10H,2,11H2,1H3,(H,21,22). The van der Waals surface area contributed by atoms with Gasteiger partial charge in [-0.25, -0.2) is 0 Å². The number of halogens is 3. The Hall–Kier alpha value is -2.50. The zero-order valence-electron chi connectivity index (χ0n) is 12.5. The van der Waals surface area contributed by atoms with Crippen LogP contribution in [-0.4, -0.2) is 12.5 Å². The Kier molecular flexibility index (Phi) is 5.26. The Morgan fingerprint density at radius 2 is 1.65 bits per heavy atom. The van der Waals surface area contributed by atoms with Crippen molar-refractivity contribution in [2.75, 3.05) is 6.61 Å². The van der Waals surface area contributed by atoms with Gasteiger partial charge in [-0.2, -0.15) is 13.2 Å². The normalized spacial score (nSPS) is 11.1. The minimum absolute atomic E-state index is 0.157. The summed E-state index contributed by atoms with van der Waals surface area (Å²) in [7, 11) is 0. The van der Waals surface area contributed by atoms with Crippen molar-refractivity contribution in [3.63, 3.8) is 0 Å². The molecular formula is C17H16F3NO2. The zero-order chi connectivity index (χ0) is 16.9. The average molecular weight is 323 g/mol. The van der Waals surface area contributed by atoms with Crippen LogP contribution in [0.3, 0.4) is 0 Å². The second-order valence-corrected chi connectivity index (χ2v) is 4.83. The van der Waals surface area contributed by atoms with Gasteiger partial charge in [0, 0.05) is 12.1 Å². The molecule has 0 heterocycles. The number of hydrogen-bond acceptors (Lipinski definition) is 2. The molecule has 122 valence electrons. The van der Waals surface area contributed by atoms with Crippen LogP contribution in [-0.2, 0) is 12.7 Å². The summed E-state index contributed by atoms with van der Waals surface area (Å²) in [4.78, 5) is 12.0. The fourth-order valence-electron chi connectivity index (χ4n) is 1.97. The third kappa shape index (κ3) is 4.74. The minimum Gasteiger partial charge on any atom is -0.494 e. The van der Waals surface area contributed by atoms with Gasteiger partial charge in [0.15, 0.2) is 0 Å². The molecule has 1 amide bonds. The van der Waals surface area contributed by atoms with Crippen molar-refractivity contribution in [1.82, 2.24) is 5.32 Å². The van der Waals surface area contributed by atoms with Gasteiger partial charge in [0.25, 0.3) is 5.91 Å². The molecule has 0 aliphatic heterocycles.